The maximum absolute atomic E-state index is 5.19. The SMILES string of the molecule is CNCCCNC1CC(OC)C1. The first-order valence-electron chi connectivity index (χ1n) is 4.77. The topological polar surface area (TPSA) is 33.3 Å². The van der Waals surface area contributed by atoms with Gasteiger partial charge < -0.3 is 15.4 Å². The van der Waals surface area contributed by atoms with Crippen LogP contribution < -0.4 is 10.6 Å². The summed E-state index contributed by atoms with van der Waals surface area (Å²) < 4.78 is 5.19. The summed E-state index contributed by atoms with van der Waals surface area (Å²) in [5.74, 6) is 0. The molecule has 1 rings (SSSR count). The number of methoxy groups -OCH3 is 1. The van der Waals surface area contributed by atoms with Crippen molar-refractivity contribution in [1.29, 1.82) is 0 Å². The third-order valence-corrected chi connectivity index (χ3v) is 2.46. The van der Waals surface area contributed by atoms with Crippen LogP contribution in [-0.2, 0) is 4.74 Å². The molecule has 0 bridgehead atoms. The van der Waals surface area contributed by atoms with Gasteiger partial charge in [-0.3, -0.25) is 0 Å². The van der Waals surface area contributed by atoms with E-state index in [1.54, 1.807) is 7.11 Å². The normalized spacial score (nSPS) is 28.5. The van der Waals surface area contributed by atoms with Gasteiger partial charge in [-0.2, -0.15) is 0 Å². The molecule has 0 aromatic heterocycles. The predicted octanol–water partition coefficient (Wildman–Crippen LogP) is 0.363. The Labute approximate surface area is 74.9 Å². The van der Waals surface area contributed by atoms with Crippen molar-refractivity contribution in [1.82, 2.24) is 10.6 Å². The van der Waals surface area contributed by atoms with E-state index in [-0.39, 0.29) is 0 Å². The third-order valence-electron chi connectivity index (χ3n) is 2.46. The Bertz CT molecular complexity index is 113. The van der Waals surface area contributed by atoms with Gasteiger partial charge in [0.1, 0.15) is 0 Å². The lowest BCUT2D eigenvalue weighted by Gasteiger charge is -2.34. The lowest BCUT2D eigenvalue weighted by Crippen LogP contribution is -2.45. The van der Waals surface area contributed by atoms with Crippen LogP contribution in [0.1, 0.15) is 19.3 Å². The lowest BCUT2D eigenvalue weighted by atomic mass is 9.89. The third kappa shape index (κ3) is 3.09. The van der Waals surface area contributed by atoms with Crippen molar-refractivity contribution >= 4 is 0 Å². The Kier molecular flexibility index (Phi) is 4.58. The van der Waals surface area contributed by atoms with Crippen molar-refractivity contribution in [2.24, 2.45) is 0 Å². The van der Waals surface area contributed by atoms with Crippen LogP contribution in [0.15, 0.2) is 0 Å². The molecule has 0 radical (unpaired) electrons. The van der Waals surface area contributed by atoms with Gasteiger partial charge in [-0.1, -0.05) is 0 Å². The van der Waals surface area contributed by atoms with Crippen LogP contribution in [0.3, 0.4) is 0 Å². The van der Waals surface area contributed by atoms with Gasteiger partial charge >= 0.3 is 0 Å². The zero-order valence-electron chi connectivity index (χ0n) is 8.10. The second-order valence-electron chi connectivity index (χ2n) is 3.44. The lowest BCUT2D eigenvalue weighted by molar-refractivity contribution is 0.0175. The van der Waals surface area contributed by atoms with Crippen molar-refractivity contribution in [3.63, 3.8) is 0 Å². The summed E-state index contributed by atoms with van der Waals surface area (Å²) in [5, 5.41) is 6.63. The molecule has 0 saturated heterocycles. The fourth-order valence-corrected chi connectivity index (χ4v) is 1.50. The van der Waals surface area contributed by atoms with Gasteiger partial charge in [0.2, 0.25) is 0 Å². The Morgan fingerprint density at radius 2 is 2.08 bits per heavy atom. The van der Waals surface area contributed by atoms with Gasteiger partial charge in [-0.05, 0) is 39.4 Å². The van der Waals surface area contributed by atoms with Gasteiger partial charge in [0.15, 0.2) is 0 Å². The summed E-state index contributed by atoms with van der Waals surface area (Å²) >= 11 is 0. The van der Waals surface area contributed by atoms with Crippen molar-refractivity contribution < 1.29 is 4.74 Å². The molecule has 1 fully saturated rings. The minimum Gasteiger partial charge on any atom is -0.381 e. The zero-order chi connectivity index (χ0) is 8.81. The van der Waals surface area contributed by atoms with E-state index in [1.807, 2.05) is 7.05 Å². The van der Waals surface area contributed by atoms with Crippen LogP contribution in [-0.4, -0.2) is 39.4 Å². The highest BCUT2D eigenvalue weighted by atomic mass is 16.5. The van der Waals surface area contributed by atoms with E-state index in [2.05, 4.69) is 10.6 Å². The number of rotatable bonds is 6. The Morgan fingerprint density at radius 3 is 2.67 bits per heavy atom. The first kappa shape index (κ1) is 9.96. The predicted molar refractivity (Wildman–Crippen MR) is 50.4 cm³/mol. The molecule has 0 spiro atoms. The molecule has 2 N–H and O–H groups in total. The minimum atomic E-state index is 0.520. The second kappa shape index (κ2) is 5.51. The Hall–Kier alpha value is -0.120. The molecule has 1 saturated carbocycles. The molecule has 1 aliphatic rings. The van der Waals surface area contributed by atoms with Crippen molar-refractivity contribution in [3.05, 3.63) is 0 Å². The number of ether oxygens (including phenoxy) is 1. The summed E-state index contributed by atoms with van der Waals surface area (Å²) in [4.78, 5) is 0. The van der Waals surface area contributed by atoms with E-state index >= 15 is 0 Å². The van der Waals surface area contributed by atoms with Gasteiger partial charge in [0.05, 0.1) is 6.10 Å². The molecule has 3 heteroatoms. The van der Waals surface area contributed by atoms with Crippen molar-refractivity contribution in [2.45, 2.75) is 31.4 Å². The Balaban J connectivity index is 1.83. The monoisotopic (exact) mass is 172 g/mol. The van der Waals surface area contributed by atoms with Gasteiger partial charge in [0.25, 0.3) is 0 Å². The average molecular weight is 172 g/mol. The standard InChI is InChI=1S/C9H20N2O/c1-10-4-3-5-11-8-6-9(7-8)12-2/h8-11H,3-7H2,1-2H3. The minimum absolute atomic E-state index is 0.520. The van der Waals surface area contributed by atoms with Crippen molar-refractivity contribution in [3.8, 4) is 0 Å². The van der Waals surface area contributed by atoms with E-state index in [0.717, 1.165) is 13.1 Å². The molecule has 0 aliphatic heterocycles. The van der Waals surface area contributed by atoms with Crippen LogP contribution in [0.25, 0.3) is 0 Å². The highest BCUT2D eigenvalue weighted by Gasteiger charge is 2.27. The number of hydrogen-bond donors (Lipinski definition) is 2. The van der Waals surface area contributed by atoms with Crippen LogP contribution in [0.2, 0.25) is 0 Å². The molecule has 0 atom stereocenters. The quantitative estimate of drug-likeness (QED) is 0.568. The van der Waals surface area contributed by atoms with E-state index in [0.29, 0.717) is 12.1 Å². The zero-order valence-corrected chi connectivity index (χ0v) is 8.10. The summed E-state index contributed by atoms with van der Waals surface area (Å²) in [7, 11) is 3.78. The first-order valence-corrected chi connectivity index (χ1v) is 4.77. The van der Waals surface area contributed by atoms with E-state index < -0.39 is 0 Å². The van der Waals surface area contributed by atoms with E-state index in [9.17, 15) is 0 Å². The maximum atomic E-state index is 5.19. The van der Waals surface area contributed by atoms with Crippen LogP contribution in [0, 0.1) is 0 Å². The van der Waals surface area contributed by atoms with Crippen LogP contribution in [0.5, 0.6) is 0 Å². The Morgan fingerprint density at radius 1 is 1.33 bits per heavy atom. The van der Waals surface area contributed by atoms with Gasteiger partial charge in [-0.15, -0.1) is 0 Å². The fraction of sp³-hybridized carbons (Fsp3) is 1.00. The highest BCUT2D eigenvalue weighted by Crippen LogP contribution is 2.22. The molecule has 12 heavy (non-hydrogen) atoms. The van der Waals surface area contributed by atoms with Crippen molar-refractivity contribution in [2.75, 3.05) is 27.2 Å². The van der Waals surface area contributed by atoms with Crippen LogP contribution in [0.4, 0.5) is 0 Å². The highest BCUT2D eigenvalue weighted by molar-refractivity contribution is 4.85. The van der Waals surface area contributed by atoms with Gasteiger partial charge in [-0.25, -0.2) is 0 Å². The summed E-state index contributed by atoms with van der Waals surface area (Å²) in [5.41, 5.74) is 0. The smallest absolute Gasteiger partial charge is 0.0601 e. The maximum Gasteiger partial charge on any atom is 0.0601 e. The molecule has 1 aliphatic carbocycles. The molecule has 0 aromatic carbocycles. The molecule has 72 valence electrons. The van der Waals surface area contributed by atoms with Gasteiger partial charge in [0, 0.05) is 13.2 Å². The molecule has 0 aromatic rings. The molecule has 0 amide bonds. The summed E-state index contributed by atoms with van der Waals surface area (Å²) in [6.45, 7) is 2.23. The summed E-state index contributed by atoms with van der Waals surface area (Å²) in [6.07, 6.45) is 4.11. The number of nitrogens with one attached hydrogen (secondary N) is 2. The first-order chi connectivity index (χ1) is 5.86. The largest absolute Gasteiger partial charge is 0.381 e. The molecule has 0 heterocycles. The number of hydrogen-bond acceptors (Lipinski definition) is 3. The molecular formula is C9H20N2O. The fourth-order valence-electron chi connectivity index (χ4n) is 1.50. The summed E-state index contributed by atoms with van der Waals surface area (Å²) in [6, 6.07) is 0.715. The van der Waals surface area contributed by atoms with E-state index in [1.165, 1.54) is 19.3 Å². The van der Waals surface area contributed by atoms with E-state index in [4.69, 9.17) is 4.74 Å². The second-order valence-corrected chi connectivity index (χ2v) is 3.44. The van der Waals surface area contributed by atoms with Crippen LogP contribution >= 0.6 is 0 Å². The molecule has 3 nitrogen and oxygen atoms in total. The molecule has 0 unspecified atom stereocenters. The average Bonchev–Trinajstić information content (AvgIpc) is 2.01. The molecular weight excluding hydrogens is 152 g/mol.